The van der Waals surface area contributed by atoms with E-state index < -0.39 is 0 Å². The Labute approximate surface area is 145 Å². The van der Waals surface area contributed by atoms with Gasteiger partial charge in [-0.2, -0.15) is 0 Å². The lowest BCUT2D eigenvalue weighted by molar-refractivity contribution is 0.134. The summed E-state index contributed by atoms with van der Waals surface area (Å²) in [5.74, 6) is 2.00. The SMILES string of the molecule is CCNC(=NCC(C)Oc1cccc(C)c1)NCC1CCCC1O. The Morgan fingerprint density at radius 1 is 1.38 bits per heavy atom. The van der Waals surface area contributed by atoms with Crippen LogP contribution in [-0.4, -0.2) is 42.9 Å². The van der Waals surface area contributed by atoms with Crippen molar-refractivity contribution in [2.75, 3.05) is 19.6 Å². The predicted octanol–water partition coefficient (Wildman–Crippen LogP) is 2.48. The van der Waals surface area contributed by atoms with Gasteiger partial charge in [-0.3, -0.25) is 0 Å². The molecule has 0 amide bonds. The number of aryl methyl sites for hydroxylation is 1. The quantitative estimate of drug-likeness (QED) is 0.530. The summed E-state index contributed by atoms with van der Waals surface area (Å²) >= 11 is 0. The molecule has 0 aromatic heterocycles. The molecule has 3 N–H and O–H groups in total. The highest BCUT2D eigenvalue weighted by molar-refractivity contribution is 5.79. The lowest BCUT2D eigenvalue weighted by Gasteiger charge is -2.18. The number of nitrogens with one attached hydrogen (secondary N) is 2. The molecular weight excluding hydrogens is 302 g/mol. The highest BCUT2D eigenvalue weighted by Gasteiger charge is 2.24. The number of guanidine groups is 1. The average Bonchev–Trinajstić information content (AvgIpc) is 2.95. The first-order valence-electron chi connectivity index (χ1n) is 9.02. The second-order valence-corrected chi connectivity index (χ2v) is 6.60. The van der Waals surface area contributed by atoms with Gasteiger partial charge in [0.2, 0.25) is 0 Å². The molecule has 2 rings (SSSR count). The minimum absolute atomic E-state index is 0.000623. The maximum Gasteiger partial charge on any atom is 0.191 e. The highest BCUT2D eigenvalue weighted by atomic mass is 16.5. The fourth-order valence-corrected chi connectivity index (χ4v) is 3.00. The van der Waals surface area contributed by atoms with Gasteiger partial charge in [0.25, 0.3) is 0 Å². The summed E-state index contributed by atoms with van der Waals surface area (Å²) in [4.78, 5) is 4.61. The second kappa shape index (κ2) is 9.52. The Balaban J connectivity index is 1.82. The van der Waals surface area contributed by atoms with Crippen LogP contribution in [0.4, 0.5) is 0 Å². The molecule has 1 saturated carbocycles. The molecule has 5 nitrogen and oxygen atoms in total. The first-order chi connectivity index (χ1) is 11.6. The molecule has 1 fully saturated rings. The van der Waals surface area contributed by atoms with Gasteiger partial charge in [0.05, 0.1) is 12.6 Å². The molecule has 0 spiro atoms. The van der Waals surface area contributed by atoms with Gasteiger partial charge < -0.3 is 20.5 Å². The Kier molecular flexibility index (Phi) is 7.37. The molecule has 3 atom stereocenters. The van der Waals surface area contributed by atoms with Crippen LogP contribution < -0.4 is 15.4 Å². The smallest absolute Gasteiger partial charge is 0.191 e. The van der Waals surface area contributed by atoms with Crippen molar-refractivity contribution in [3.05, 3.63) is 29.8 Å². The number of aliphatic imine (C=N–C) groups is 1. The molecule has 3 unspecified atom stereocenters. The van der Waals surface area contributed by atoms with Gasteiger partial charge in [-0.05, 0) is 51.3 Å². The number of ether oxygens (including phenoxy) is 1. The summed E-state index contributed by atoms with van der Waals surface area (Å²) in [6.45, 7) is 8.29. The van der Waals surface area contributed by atoms with Crippen LogP contribution in [0.25, 0.3) is 0 Å². The van der Waals surface area contributed by atoms with E-state index in [0.717, 1.165) is 44.1 Å². The summed E-state index contributed by atoms with van der Waals surface area (Å²) in [5.41, 5.74) is 1.19. The molecule has 0 aliphatic heterocycles. The third-order valence-corrected chi connectivity index (χ3v) is 4.33. The fraction of sp³-hybridized carbons (Fsp3) is 0.632. The summed E-state index contributed by atoms with van der Waals surface area (Å²) in [6.07, 6.45) is 2.94. The number of benzene rings is 1. The minimum atomic E-state index is -0.177. The Bertz CT molecular complexity index is 533. The molecule has 5 heteroatoms. The van der Waals surface area contributed by atoms with Crippen molar-refractivity contribution in [2.45, 2.75) is 52.2 Å². The first kappa shape index (κ1) is 18.6. The summed E-state index contributed by atoms with van der Waals surface area (Å²) in [5, 5.41) is 16.5. The van der Waals surface area contributed by atoms with E-state index in [-0.39, 0.29) is 12.2 Å². The van der Waals surface area contributed by atoms with Crippen molar-refractivity contribution in [1.82, 2.24) is 10.6 Å². The van der Waals surface area contributed by atoms with Crippen molar-refractivity contribution >= 4 is 5.96 Å². The zero-order valence-corrected chi connectivity index (χ0v) is 15.1. The topological polar surface area (TPSA) is 65.9 Å². The minimum Gasteiger partial charge on any atom is -0.489 e. The van der Waals surface area contributed by atoms with E-state index in [2.05, 4.69) is 28.6 Å². The number of aliphatic hydroxyl groups excluding tert-OH is 1. The lowest BCUT2D eigenvalue weighted by atomic mass is 10.1. The lowest BCUT2D eigenvalue weighted by Crippen LogP contribution is -2.41. The summed E-state index contributed by atoms with van der Waals surface area (Å²) in [7, 11) is 0. The van der Waals surface area contributed by atoms with E-state index in [1.54, 1.807) is 0 Å². The van der Waals surface area contributed by atoms with Crippen LogP contribution in [0.2, 0.25) is 0 Å². The molecule has 24 heavy (non-hydrogen) atoms. The van der Waals surface area contributed by atoms with Crippen molar-refractivity contribution in [1.29, 1.82) is 0 Å². The number of nitrogens with zero attached hydrogens (tertiary/aromatic N) is 1. The van der Waals surface area contributed by atoms with Gasteiger partial charge in [0.15, 0.2) is 5.96 Å². The van der Waals surface area contributed by atoms with Crippen LogP contribution in [-0.2, 0) is 0 Å². The van der Waals surface area contributed by atoms with E-state index in [9.17, 15) is 5.11 Å². The molecule has 0 heterocycles. The van der Waals surface area contributed by atoms with E-state index >= 15 is 0 Å². The van der Waals surface area contributed by atoms with Crippen LogP contribution in [0, 0.1) is 12.8 Å². The van der Waals surface area contributed by atoms with Gasteiger partial charge >= 0.3 is 0 Å². The molecule has 134 valence electrons. The van der Waals surface area contributed by atoms with E-state index in [4.69, 9.17) is 4.74 Å². The number of aliphatic hydroxyl groups is 1. The van der Waals surface area contributed by atoms with Crippen LogP contribution in [0.1, 0.15) is 38.7 Å². The first-order valence-corrected chi connectivity index (χ1v) is 9.02. The van der Waals surface area contributed by atoms with Crippen LogP contribution in [0.15, 0.2) is 29.3 Å². The number of hydrogen-bond acceptors (Lipinski definition) is 3. The van der Waals surface area contributed by atoms with E-state index in [0.29, 0.717) is 12.5 Å². The molecule has 1 aliphatic carbocycles. The zero-order valence-electron chi connectivity index (χ0n) is 15.1. The van der Waals surface area contributed by atoms with Gasteiger partial charge in [0.1, 0.15) is 11.9 Å². The molecule has 1 aromatic rings. The van der Waals surface area contributed by atoms with Crippen molar-refractivity contribution < 1.29 is 9.84 Å². The maximum absolute atomic E-state index is 9.92. The Morgan fingerprint density at radius 3 is 2.88 bits per heavy atom. The molecule has 1 aliphatic rings. The van der Waals surface area contributed by atoms with Crippen LogP contribution in [0.3, 0.4) is 0 Å². The summed E-state index contributed by atoms with van der Waals surface area (Å²) < 4.78 is 5.92. The van der Waals surface area contributed by atoms with E-state index in [1.165, 1.54) is 5.56 Å². The van der Waals surface area contributed by atoms with Crippen LogP contribution >= 0.6 is 0 Å². The van der Waals surface area contributed by atoms with Gasteiger partial charge in [-0.25, -0.2) is 4.99 Å². The zero-order chi connectivity index (χ0) is 17.4. The second-order valence-electron chi connectivity index (χ2n) is 6.60. The number of rotatable bonds is 7. The predicted molar refractivity (Wildman–Crippen MR) is 98.6 cm³/mol. The van der Waals surface area contributed by atoms with Gasteiger partial charge in [0, 0.05) is 19.0 Å². The van der Waals surface area contributed by atoms with Gasteiger partial charge in [-0.15, -0.1) is 0 Å². The Morgan fingerprint density at radius 2 is 2.21 bits per heavy atom. The van der Waals surface area contributed by atoms with E-state index in [1.807, 2.05) is 32.0 Å². The van der Waals surface area contributed by atoms with Crippen molar-refractivity contribution in [3.8, 4) is 5.75 Å². The standard InChI is InChI=1S/C19H31N3O2/c1-4-20-19(22-13-16-8-6-10-18(16)23)21-12-15(3)24-17-9-5-7-14(2)11-17/h5,7,9,11,15-16,18,23H,4,6,8,10,12-13H2,1-3H3,(H2,20,21,22). The number of hydrogen-bond donors (Lipinski definition) is 3. The highest BCUT2D eigenvalue weighted by Crippen LogP contribution is 2.24. The third-order valence-electron chi connectivity index (χ3n) is 4.33. The third kappa shape index (κ3) is 6.04. The monoisotopic (exact) mass is 333 g/mol. The molecule has 0 saturated heterocycles. The summed E-state index contributed by atoms with van der Waals surface area (Å²) in [6, 6.07) is 8.06. The maximum atomic E-state index is 9.92. The van der Waals surface area contributed by atoms with Crippen LogP contribution in [0.5, 0.6) is 5.75 Å². The van der Waals surface area contributed by atoms with Crippen molar-refractivity contribution in [2.24, 2.45) is 10.9 Å². The van der Waals surface area contributed by atoms with Gasteiger partial charge in [-0.1, -0.05) is 18.6 Å². The van der Waals surface area contributed by atoms with Crippen molar-refractivity contribution in [3.63, 3.8) is 0 Å². The molecule has 0 bridgehead atoms. The fourth-order valence-electron chi connectivity index (χ4n) is 3.00. The normalized spacial score (nSPS) is 22.2. The average molecular weight is 333 g/mol. The largest absolute Gasteiger partial charge is 0.489 e. The molecular formula is C19H31N3O2. The Hall–Kier alpha value is -1.75. The molecule has 0 radical (unpaired) electrons. The molecule has 1 aromatic carbocycles.